The molecule has 1 unspecified atom stereocenters. The lowest BCUT2D eigenvalue weighted by atomic mass is 9.98. The maximum absolute atomic E-state index is 10.6. The van der Waals surface area contributed by atoms with E-state index in [9.17, 15) is 5.11 Å². The number of anilines is 1. The summed E-state index contributed by atoms with van der Waals surface area (Å²) in [4.78, 5) is 8.59. The molecule has 0 fully saturated rings. The van der Waals surface area contributed by atoms with Gasteiger partial charge in [0, 0.05) is 17.8 Å². The van der Waals surface area contributed by atoms with Gasteiger partial charge in [0.1, 0.15) is 23.9 Å². The molecule has 3 N–H and O–H groups in total. The Bertz CT molecular complexity index is 1070. The van der Waals surface area contributed by atoms with E-state index in [-0.39, 0.29) is 6.04 Å². The molecule has 0 aliphatic rings. The van der Waals surface area contributed by atoms with E-state index in [1.807, 2.05) is 54.6 Å². The molecule has 0 radical (unpaired) electrons. The molecule has 0 saturated heterocycles. The van der Waals surface area contributed by atoms with Gasteiger partial charge < -0.3 is 15.4 Å². The van der Waals surface area contributed by atoms with E-state index in [1.165, 1.54) is 6.33 Å². The fourth-order valence-electron chi connectivity index (χ4n) is 3.39. The highest BCUT2D eigenvalue weighted by molar-refractivity contribution is 6.00. The summed E-state index contributed by atoms with van der Waals surface area (Å²) in [5.41, 5.74) is 10.7. The summed E-state index contributed by atoms with van der Waals surface area (Å²) in [6, 6.07) is 17.8. The van der Waals surface area contributed by atoms with Gasteiger partial charge in [0.05, 0.1) is 5.39 Å². The van der Waals surface area contributed by atoms with Crippen molar-refractivity contribution in [2.24, 2.45) is 0 Å². The largest absolute Gasteiger partial charge is 0.384 e. The first-order chi connectivity index (χ1) is 13.1. The van der Waals surface area contributed by atoms with Gasteiger partial charge in [0.2, 0.25) is 0 Å². The zero-order valence-electron chi connectivity index (χ0n) is 15.4. The van der Waals surface area contributed by atoms with E-state index in [0.29, 0.717) is 5.82 Å². The number of aromatic nitrogens is 3. The van der Waals surface area contributed by atoms with E-state index < -0.39 is 6.10 Å². The Balaban J connectivity index is 1.77. The van der Waals surface area contributed by atoms with Gasteiger partial charge >= 0.3 is 0 Å². The lowest BCUT2D eigenvalue weighted by molar-refractivity contribution is 0.220. The van der Waals surface area contributed by atoms with Crippen LogP contribution in [0.15, 0.2) is 67.1 Å². The van der Waals surface area contributed by atoms with Crippen LogP contribution in [0.1, 0.15) is 37.1 Å². The normalized spacial score (nSPS) is 12.6. The maximum Gasteiger partial charge on any atom is 0.146 e. The highest BCUT2D eigenvalue weighted by Crippen LogP contribution is 2.35. The first-order valence-electron chi connectivity index (χ1n) is 9.00. The van der Waals surface area contributed by atoms with Crippen molar-refractivity contribution in [3.8, 4) is 11.1 Å². The number of aliphatic hydroxyl groups excluding tert-OH is 1. The Hall–Kier alpha value is -3.18. The standard InChI is InChI=1S/C22H22N4O/c1-14(2)26-12-18(19-21(23)24-13-25-22(19)26)15-8-10-17(11-9-15)20(27)16-6-4-3-5-7-16/h3-14,20,27H,1-2H3,(H2,23,24,25). The van der Waals surface area contributed by atoms with Crippen molar-refractivity contribution in [2.45, 2.75) is 26.0 Å². The third kappa shape index (κ3) is 3.06. The summed E-state index contributed by atoms with van der Waals surface area (Å²) < 4.78 is 2.11. The van der Waals surface area contributed by atoms with Crippen LogP contribution in [0.25, 0.3) is 22.2 Å². The van der Waals surface area contributed by atoms with Crippen LogP contribution in [0, 0.1) is 0 Å². The molecular weight excluding hydrogens is 336 g/mol. The summed E-state index contributed by atoms with van der Waals surface area (Å²) >= 11 is 0. The van der Waals surface area contributed by atoms with Gasteiger partial charge in [-0.3, -0.25) is 0 Å². The number of aliphatic hydroxyl groups is 1. The molecule has 0 aliphatic carbocycles. The van der Waals surface area contributed by atoms with Crippen molar-refractivity contribution in [3.63, 3.8) is 0 Å². The first kappa shape index (κ1) is 17.2. The summed E-state index contributed by atoms with van der Waals surface area (Å²) in [5, 5.41) is 11.5. The molecule has 2 aromatic heterocycles. The molecule has 0 spiro atoms. The minimum Gasteiger partial charge on any atom is -0.384 e. The molecule has 4 aromatic rings. The highest BCUT2D eigenvalue weighted by Gasteiger charge is 2.17. The SMILES string of the molecule is CC(C)n1cc(-c2ccc(C(O)c3ccccc3)cc2)c2c(N)ncnc21. The van der Waals surface area contributed by atoms with Gasteiger partial charge in [-0.25, -0.2) is 9.97 Å². The number of rotatable bonds is 4. The Labute approximate surface area is 158 Å². The highest BCUT2D eigenvalue weighted by atomic mass is 16.3. The number of nitrogens with zero attached hydrogens (tertiary/aromatic N) is 3. The third-order valence-electron chi connectivity index (χ3n) is 4.85. The van der Waals surface area contributed by atoms with Gasteiger partial charge in [-0.15, -0.1) is 0 Å². The Morgan fingerprint density at radius 2 is 1.59 bits per heavy atom. The topological polar surface area (TPSA) is 77.0 Å². The Morgan fingerprint density at radius 3 is 2.26 bits per heavy atom. The smallest absolute Gasteiger partial charge is 0.146 e. The van der Waals surface area contributed by atoms with Gasteiger partial charge in [-0.2, -0.15) is 0 Å². The average molecular weight is 358 g/mol. The minimum absolute atomic E-state index is 0.259. The third-order valence-corrected chi connectivity index (χ3v) is 4.85. The number of fused-ring (bicyclic) bond motifs is 1. The van der Waals surface area contributed by atoms with Crippen molar-refractivity contribution in [3.05, 3.63) is 78.2 Å². The molecule has 2 aromatic carbocycles. The van der Waals surface area contributed by atoms with Crippen LogP contribution in [0.2, 0.25) is 0 Å². The van der Waals surface area contributed by atoms with Crippen molar-refractivity contribution in [1.82, 2.24) is 14.5 Å². The predicted molar refractivity (Wildman–Crippen MR) is 108 cm³/mol. The molecule has 1 atom stereocenters. The second kappa shape index (κ2) is 6.85. The zero-order valence-corrected chi connectivity index (χ0v) is 15.4. The molecule has 136 valence electrons. The lowest BCUT2D eigenvalue weighted by Crippen LogP contribution is -2.00. The Kier molecular flexibility index (Phi) is 4.38. The van der Waals surface area contributed by atoms with E-state index in [1.54, 1.807) is 0 Å². The molecule has 0 amide bonds. The van der Waals surface area contributed by atoms with Gasteiger partial charge in [-0.05, 0) is 30.5 Å². The van der Waals surface area contributed by atoms with Crippen LogP contribution in [0.4, 0.5) is 5.82 Å². The number of benzene rings is 2. The molecule has 4 rings (SSSR count). The summed E-state index contributed by atoms with van der Waals surface area (Å²) in [5.74, 6) is 0.475. The van der Waals surface area contributed by atoms with E-state index >= 15 is 0 Å². The number of hydrogen-bond acceptors (Lipinski definition) is 4. The van der Waals surface area contributed by atoms with Crippen LogP contribution in [0.5, 0.6) is 0 Å². The van der Waals surface area contributed by atoms with Crippen LogP contribution >= 0.6 is 0 Å². The first-order valence-corrected chi connectivity index (χ1v) is 9.00. The molecule has 5 nitrogen and oxygen atoms in total. The summed E-state index contributed by atoms with van der Waals surface area (Å²) in [7, 11) is 0. The summed E-state index contributed by atoms with van der Waals surface area (Å²) in [6.07, 6.45) is 2.92. The van der Waals surface area contributed by atoms with Crippen molar-refractivity contribution in [1.29, 1.82) is 0 Å². The molecule has 0 saturated carbocycles. The zero-order chi connectivity index (χ0) is 19.0. The number of nitrogen functional groups attached to an aromatic ring is 1. The molecule has 27 heavy (non-hydrogen) atoms. The molecular formula is C22H22N4O. The average Bonchev–Trinajstić information content (AvgIpc) is 3.10. The van der Waals surface area contributed by atoms with Crippen molar-refractivity contribution < 1.29 is 5.11 Å². The maximum atomic E-state index is 10.6. The van der Waals surface area contributed by atoms with Gasteiger partial charge in [0.25, 0.3) is 0 Å². The van der Waals surface area contributed by atoms with Crippen LogP contribution in [-0.2, 0) is 0 Å². The van der Waals surface area contributed by atoms with Crippen LogP contribution < -0.4 is 5.73 Å². The Morgan fingerprint density at radius 1 is 0.926 bits per heavy atom. The molecule has 2 heterocycles. The minimum atomic E-state index is -0.648. The quantitative estimate of drug-likeness (QED) is 0.569. The predicted octanol–water partition coefficient (Wildman–Crippen LogP) is 4.34. The monoisotopic (exact) mass is 358 g/mol. The van der Waals surface area contributed by atoms with Crippen LogP contribution in [-0.4, -0.2) is 19.6 Å². The number of nitrogens with two attached hydrogens (primary N) is 1. The lowest BCUT2D eigenvalue weighted by Gasteiger charge is -2.12. The second-order valence-electron chi connectivity index (χ2n) is 6.94. The van der Waals surface area contributed by atoms with Crippen LogP contribution in [0.3, 0.4) is 0 Å². The second-order valence-corrected chi connectivity index (χ2v) is 6.94. The van der Waals surface area contributed by atoms with Crippen molar-refractivity contribution in [2.75, 3.05) is 5.73 Å². The molecule has 0 aliphatic heterocycles. The van der Waals surface area contributed by atoms with E-state index in [0.717, 1.165) is 33.3 Å². The molecule has 5 heteroatoms. The van der Waals surface area contributed by atoms with E-state index in [2.05, 4.69) is 34.6 Å². The fraction of sp³-hybridized carbons (Fsp3) is 0.182. The van der Waals surface area contributed by atoms with E-state index in [4.69, 9.17) is 5.73 Å². The number of hydrogen-bond donors (Lipinski definition) is 2. The van der Waals surface area contributed by atoms with Gasteiger partial charge in [0.15, 0.2) is 0 Å². The molecule has 0 bridgehead atoms. The van der Waals surface area contributed by atoms with Crippen molar-refractivity contribution >= 4 is 16.9 Å². The van der Waals surface area contributed by atoms with Gasteiger partial charge in [-0.1, -0.05) is 54.6 Å². The summed E-state index contributed by atoms with van der Waals surface area (Å²) in [6.45, 7) is 4.22. The fourth-order valence-corrected chi connectivity index (χ4v) is 3.39.